The Kier molecular flexibility index (Phi) is 9.20. The molecule has 2 aromatic carbocycles. The van der Waals surface area contributed by atoms with Gasteiger partial charge >= 0.3 is 6.18 Å². The van der Waals surface area contributed by atoms with E-state index in [0.29, 0.717) is 35.4 Å². The summed E-state index contributed by atoms with van der Waals surface area (Å²) in [7, 11) is 1.53. The van der Waals surface area contributed by atoms with Crippen molar-refractivity contribution in [3.63, 3.8) is 0 Å². The zero-order valence-electron chi connectivity index (χ0n) is 24.3. The molecule has 2 aliphatic heterocycles. The van der Waals surface area contributed by atoms with Crippen LogP contribution in [0.1, 0.15) is 30.5 Å². The van der Waals surface area contributed by atoms with Crippen molar-refractivity contribution < 1.29 is 31.9 Å². The zero-order chi connectivity index (χ0) is 31.4. The standard InChI is InChI=1S/C30H33F4N7O3/c1-4-29(42)38-22-15-23(26(43-3)16-25(22)40-9-7-39(5-2)8-10-40)37-27-17-28(36-18-35-27)41-24(6-11-44-41)19-12-20(30(32,33)34)14-21(31)13-19/h4,12-18,24H,1,5-11H2,2-3H3,(H,38,42)(H,35,36,37)/t24-/m1/s1. The lowest BCUT2D eigenvalue weighted by atomic mass is 10.0. The van der Waals surface area contributed by atoms with Crippen LogP contribution >= 0.6 is 0 Å². The van der Waals surface area contributed by atoms with Crippen molar-refractivity contribution in [1.29, 1.82) is 0 Å². The van der Waals surface area contributed by atoms with Gasteiger partial charge in [-0.15, -0.1) is 0 Å². The smallest absolute Gasteiger partial charge is 0.416 e. The molecule has 234 valence electrons. The molecule has 14 heteroatoms. The molecule has 2 N–H and O–H groups in total. The van der Waals surface area contributed by atoms with Crippen LogP contribution in [0.5, 0.6) is 5.75 Å². The second kappa shape index (κ2) is 13.1. The third-order valence-electron chi connectivity index (χ3n) is 7.60. The highest BCUT2D eigenvalue weighted by Crippen LogP contribution is 2.41. The Morgan fingerprint density at radius 1 is 1.11 bits per heavy atom. The lowest BCUT2D eigenvalue weighted by Crippen LogP contribution is -2.46. The number of amides is 1. The first-order chi connectivity index (χ1) is 21.1. The van der Waals surface area contributed by atoms with Crippen molar-refractivity contribution in [3.05, 3.63) is 72.3 Å². The normalized spacial score (nSPS) is 17.5. The van der Waals surface area contributed by atoms with Gasteiger partial charge in [-0.25, -0.2) is 19.4 Å². The molecule has 5 rings (SSSR count). The lowest BCUT2D eigenvalue weighted by Gasteiger charge is -2.36. The molecule has 3 heterocycles. The number of carbonyl (C=O) groups is 1. The van der Waals surface area contributed by atoms with Gasteiger partial charge < -0.3 is 25.2 Å². The van der Waals surface area contributed by atoms with Gasteiger partial charge in [0.05, 0.1) is 42.4 Å². The number of hydrogen-bond acceptors (Lipinski definition) is 9. The number of alkyl halides is 3. The number of carbonyl (C=O) groups excluding carboxylic acids is 1. The second-order valence-corrected chi connectivity index (χ2v) is 10.3. The van der Waals surface area contributed by atoms with E-state index in [1.54, 1.807) is 12.1 Å². The molecule has 3 aromatic rings. The number of nitrogens with zero attached hydrogens (tertiary/aromatic N) is 5. The molecule has 1 amide bonds. The summed E-state index contributed by atoms with van der Waals surface area (Å²) in [5.41, 5.74) is 0.871. The molecule has 0 unspecified atom stereocenters. The largest absolute Gasteiger partial charge is 0.494 e. The molecule has 2 fully saturated rings. The van der Waals surface area contributed by atoms with Crippen LogP contribution in [0, 0.1) is 5.82 Å². The molecular formula is C30H33F4N7O3. The number of halogens is 4. The molecule has 0 spiro atoms. The monoisotopic (exact) mass is 615 g/mol. The van der Waals surface area contributed by atoms with Crippen molar-refractivity contribution in [2.45, 2.75) is 25.6 Å². The minimum Gasteiger partial charge on any atom is -0.494 e. The van der Waals surface area contributed by atoms with Crippen molar-refractivity contribution in [3.8, 4) is 5.75 Å². The molecule has 1 aromatic heterocycles. The first-order valence-electron chi connectivity index (χ1n) is 14.1. The number of benzene rings is 2. The fraction of sp³-hybridized carbons (Fsp3) is 0.367. The van der Waals surface area contributed by atoms with E-state index >= 15 is 0 Å². The summed E-state index contributed by atoms with van der Waals surface area (Å²) in [5.74, 6) is -0.295. The molecule has 0 bridgehead atoms. The predicted octanol–water partition coefficient (Wildman–Crippen LogP) is 5.54. The van der Waals surface area contributed by atoms with E-state index in [9.17, 15) is 22.4 Å². The maximum absolute atomic E-state index is 14.2. The molecule has 0 aliphatic carbocycles. The van der Waals surface area contributed by atoms with E-state index < -0.39 is 23.6 Å². The van der Waals surface area contributed by atoms with Crippen LogP contribution in [-0.4, -0.2) is 67.2 Å². The number of methoxy groups -OCH3 is 1. The molecule has 10 nitrogen and oxygen atoms in total. The number of aromatic nitrogens is 2. The van der Waals surface area contributed by atoms with Crippen LogP contribution in [0.25, 0.3) is 0 Å². The molecular weight excluding hydrogens is 582 g/mol. The quantitative estimate of drug-likeness (QED) is 0.238. The fourth-order valence-electron chi connectivity index (χ4n) is 5.33. The third-order valence-corrected chi connectivity index (χ3v) is 7.60. The van der Waals surface area contributed by atoms with Gasteiger partial charge in [-0.3, -0.25) is 9.63 Å². The van der Waals surface area contributed by atoms with Crippen LogP contribution in [0.3, 0.4) is 0 Å². The van der Waals surface area contributed by atoms with Crippen LogP contribution in [0.2, 0.25) is 0 Å². The summed E-state index contributed by atoms with van der Waals surface area (Å²) < 4.78 is 60.0. The zero-order valence-corrected chi connectivity index (χ0v) is 24.3. The Morgan fingerprint density at radius 3 is 2.57 bits per heavy atom. The summed E-state index contributed by atoms with van der Waals surface area (Å²) in [6, 6.07) is 6.88. The third kappa shape index (κ3) is 6.86. The van der Waals surface area contributed by atoms with Crippen LogP contribution in [-0.2, 0) is 15.8 Å². The number of hydrogen-bond donors (Lipinski definition) is 2. The summed E-state index contributed by atoms with van der Waals surface area (Å²) >= 11 is 0. The minimum atomic E-state index is -4.70. The van der Waals surface area contributed by atoms with Gasteiger partial charge in [0.1, 0.15) is 23.7 Å². The summed E-state index contributed by atoms with van der Waals surface area (Å²) in [4.78, 5) is 31.1. The van der Waals surface area contributed by atoms with Gasteiger partial charge in [-0.05, 0) is 42.4 Å². The van der Waals surface area contributed by atoms with Crippen molar-refractivity contribution >= 4 is 34.6 Å². The average molecular weight is 616 g/mol. The fourth-order valence-corrected chi connectivity index (χ4v) is 5.33. The van der Waals surface area contributed by atoms with Crippen molar-refractivity contribution in [1.82, 2.24) is 14.9 Å². The molecule has 1 atom stereocenters. The molecule has 2 aliphatic rings. The number of piperazine rings is 1. The van der Waals surface area contributed by atoms with Gasteiger partial charge in [0.25, 0.3) is 0 Å². The van der Waals surface area contributed by atoms with Crippen molar-refractivity contribution in [2.24, 2.45) is 0 Å². The maximum atomic E-state index is 14.2. The maximum Gasteiger partial charge on any atom is 0.416 e. The number of anilines is 5. The van der Waals surface area contributed by atoms with Crippen LogP contribution < -0.4 is 25.3 Å². The summed E-state index contributed by atoms with van der Waals surface area (Å²) in [6.07, 6.45) is -1.91. The van der Waals surface area contributed by atoms with Gasteiger partial charge in [-0.1, -0.05) is 13.5 Å². The highest BCUT2D eigenvalue weighted by molar-refractivity contribution is 6.02. The predicted molar refractivity (Wildman–Crippen MR) is 159 cm³/mol. The van der Waals surface area contributed by atoms with E-state index in [4.69, 9.17) is 9.57 Å². The number of nitrogens with one attached hydrogen (secondary N) is 2. The molecule has 0 radical (unpaired) electrons. The number of likely N-dealkylation sites (N-methyl/N-ethyl adjacent to an activating group) is 1. The van der Waals surface area contributed by atoms with Gasteiger partial charge in [0.2, 0.25) is 5.91 Å². The Morgan fingerprint density at radius 2 is 1.89 bits per heavy atom. The summed E-state index contributed by atoms with van der Waals surface area (Å²) in [6.45, 7) is 10.1. The van der Waals surface area contributed by atoms with E-state index in [-0.39, 0.29) is 23.9 Å². The van der Waals surface area contributed by atoms with Gasteiger partial charge in [-0.2, -0.15) is 13.2 Å². The second-order valence-electron chi connectivity index (χ2n) is 10.3. The Balaban J connectivity index is 1.44. The highest BCUT2D eigenvalue weighted by atomic mass is 19.4. The number of rotatable bonds is 9. The van der Waals surface area contributed by atoms with E-state index in [1.807, 2.05) is 6.07 Å². The SMILES string of the molecule is C=CC(=O)Nc1cc(Nc2cc(N3OCC[C@@H]3c3cc(F)cc(C(F)(F)F)c3)ncn2)c(OC)cc1N1CCN(CC)CC1. The number of ether oxygens (including phenoxy) is 1. The van der Waals surface area contributed by atoms with Crippen LogP contribution in [0.4, 0.5) is 46.3 Å². The lowest BCUT2D eigenvalue weighted by molar-refractivity contribution is -0.137. The first kappa shape index (κ1) is 31.0. The minimum absolute atomic E-state index is 0.113. The Hall–Kier alpha value is -4.43. The molecule has 2 saturated heterocycles. The Labute approximate surface area is 252 Å². The molecule has 0 saturated carbocycles. The average Bonchev–Trinajstić information content (AvgIpc) is 3.51. The topological polar surface area (TPSA) is 95.1 Å². The highest BCUT2D eigenvalue weighted by Gasteiger charge is 2.35. The number of hydroxylamine groups is 1. The first-order valence-corrected chi connectivity index (χ1v) is 14.1. The summed E-state index contributed by atoms with van der Waals surface area (Å²) in [5, 5.41) is 7.42. The van der Waals surface area contributed by atoms with Crippen LogP contribution in [0.15, 0.2) is 55.4 Å². The van der Waals surface area contributed by atoms with E-state index in [1.165, 1.54) is 24.6 Å². The van der Waals surface area contributed by atoms with Crippen molar-refractivity contribution in [2.75, 3.05) is 67.0 Å². The van der Waals surface area contributed by atoms with E-state index in [2.05, 4.69) is 43.9 Å². The Bertz CT molecular complexity index is 1510. The van der Waals surface area contributed by atoms with Gasteiger partial charge in [0.15, 0.2) is 5.82 Å². The van der Waals surface area contributed by atoms with Gasteiger partial charge in [0, 0.05) is 44.7 Å². The van der Waals surface area contributed by atoms with E-state index in [0.717, 1.165) is 50.5 Å². The molecule has 44 heavy (non-hydrogen) atoms.